The quantitative estimate of drug-likeness (QED) is 0.390. The summed E-state index contributed by atoms with van der Waals surface area (Å²) in [6, 6.07) is 0. The van der Waals surface area contributed by atoms with Crippen LogP contribution in [0.3, 0.4) is 0 Å². The highest BCUT2D eigenvalue weighted by Gasteiger charge is 2.51. The van der Waals surface area contributed by atoms with E-state index in [4.69, 9.17) is 4.74 Å². The predicted molar refractivity (Wildman–Crippen MR) is 58.8 cm³/mol. The van der Waals surface area contributed by atoms with Crippen LogP contribution in [0.4, 0.5) is 0 Å². The predicted octanol–water partition coefficient (Wildman–Crippen LogP) is 2.54. The maximum absolute atomic E-state index is 11.2. The van der Waals surface area contributed by atoms with E-state index in [1.165, 1.54) is 6.42 Å². The van der Waals surface area contributed by atoms with Gasteiger partial charge in [-0.15, -0.1) is 0 Å². The van der Waals surface area contributed by atoms with Gasteiger partial charge in [0.1, 0.15) is 6.10 Å². The highest BCUT2D eigenvalue weighted by molar-refractivity contribution is 14.1. The number of rotatable bonds is 0. The van der Waals surface area contributed by atoms with Crippen molar-refractivity contribution in [3.8, 4) is 0 Å². The molecule has 1 saturated carbocycles. The highest BCUT2D eigenvalue weighted by atomic mass is 127. The SMILES string of the molecule is C[C@@H]1C[C@@H](I)[C@@H]2OC(=O)C[C@]2(C)C1. The fourth-order valence-corrected chi connectivity index (χ4v) is 4.73. The Morgan fingerprint density at radius 1 is 1.62 bits per heavy atom. The number of esters is 1. The molecule has 1 saturated heterocycles. The lowest BCUT2D eigenvalue weighted by atomic mass is 9.69. The molecule has 0 bridgehead atoms. The molecule has 0 aromatic rings. The maximum atomic E-state index is 11.2. The van der Waals surface area contributed by atoms with Gasteiger partial charge in [0.05, 0.1) is 6.42 Å². The zero-order valence-corrected chi connectivity index (χ0v) is 10.2. The van der Waals surface area contributed by atoms with E-state index in [1.807, 2.05) is 0 Å². The Bertz CT molecular complexity index is 241. The standard InChI is InChI=1S/C10H15IO2/c1-6-3-7(11)9-10(2,4-6)5-8(12)13-9/h6-7,9H,3-5H2,1-2H3/t6-,7-,9+,10+/m1/s1. The van der Waals surface area contributed by atoms with Gasteiger partial charge in [-0.2, -0.15) is 0 Å². The molecule has 1 aliphatic carbocycles. The first-order valence-corrected chi connectivity index (χ1v) is 6.09. The van der Waals surface area contributed by atoms with E-state index in [1.54, 1.807) is 0 Å². The van der Waals surface area contributed by atoms with Crippen molar-refractivity contribution in [3.63, 3.8) is 0 Å². The van der Waals surface area contributed by atoms with Crippen LogP contribution in [0.1, 0.15) is 33.1 Å². The number of carbonyl (C=O) groups excluding carboxylic acids is 1. The molecule has 3 heteroatoms. The fourth-order valence-electron chi connectivity index (χ4n) is 2.84. The van der Waals surface area contributed by atoms with Crippen LogP contribution in [0.2, 0.25) is 0 Å². The first-order valence-electron chi connectivity index (χ1n) is 4.85. The number of hydrogen-bond acceptors (Lipinski definition) is 2. The van der Waals surface area contributed by atoms with Gasteiger partial charge < -0.3 is 4.74 Å². The Kier molecular flexibility index (Phi) is 2.33. The second-order valence-corrected chi connectivity index (χ2v) is 6.40. The molecular weight excluding hydrogens is 279 g/mol. The number of fused-ring (bicyclic) bond motifs is 1. The van der Waals surface area contributed by atoms with Gasteiger partial charge in [0.25, 0.3) is 0 Å². The van der Waals surface area contributed by atoms with E-state index in [0.29, 0.717) is 10.3 Å². The number of halogens is 1. The molecule has 0 radical (unpaired) electrons. The van der Waals surface area contributed by atoms with Crippen molar-refractivity contribution >= 4 is 28.6 Å². The minimum Gasteiger partial charge on any atom is -0.461 e. The van der Waals surface area contributed by atoms with Crippen molar-refractivity contribution in [1.29, 1.82) is 0 Å². The van der Waals surface area contributed by atoms with E-state index < -0.39 is 0 Å². The summed E-state index contributed by atoms with van der Waals surface area (Å²) in [4.78, 5) is 11.2. The Balaban J connectivity index is 2.23. The van der Waals surface area contributed by atoms with Gasteiger partial charge in [-0.25, -0.2) is 0 Å². The Labute approximate surface area is 92.5 Å². The summed E-state index contributed by atoms with van der Waals surface area (Å²) in [5.41, 5.74) is 0.126. The zero-order chi connectivity index (χ0) is 9.64. The van der Waals surface area contributed by atoms with Crippen LogP contribution < -0.4 is 0 Å². The molecule has 2 nitrogen and oxygen atoms in total. The number of hydrogen-bond donors (Lipinski definition) is 0. The summed E-state index contributed by atoms with van der Waals surface area (Å²) in [5, 5.41) is 0. The summed E-state index contributed by atoms with van der Waals surface area (Å²) >= 11 is 2.43. The van der Waals surface area contributed by atoms with Gasteiger partial charge in [-0.3, -0.25) is 4.79 Å². The van der Waals surface area contributed by atoms with E-state index in [2.05, 4.69) is 36.4 Å². The topological polar surface area (TPSA) is 26.3 Å². The van der Waals surface area contributed by atoms with Crippen LogP contribution in [-0.4, -0.2) is 16.0 Å². The summed E-state index contributed by atoms with van der Waals surface area (Å²) in [5.74, 6) is 0.737. The minimum absolute atomic E-state index is 0.00302. The summed E-state index contributed by atoms with van der Waals surface area (Å²) < 4.78 is 5.89. The number of ether oxygens (including phenoxy) is 1. The first kappa shape index (κ1) is 9.74. The summed E-state index contributed by atoms with van der Waals surface area (Å²) in [6.07, 6.45) is 3.13. The molecule has 4 atom stereocenters. The van der Waals surface area contributed by atoms with Gasteiger partial charge >= 0.3 is 5.97 Å². The van der Waals surface area contributed by atoms with Gasteiger partial charge in [0.15, 0.2) is 0 Å². The van der Waals surface area contributed by atoms with Gasteiger partial charge in [0.2, 0.25) is 0 Å². The minimum atomic E-state index is 0.00302. The van der Waals surface area contributed by atoms with Crippen LogP contribution in [0, 0.1) is 11.3 Å². The van der Waals surface area contributed by atoms with Gasteiger partial charge in [0, 0.05) is 9.34 Å². The average Bonchev–Trinajstić information content (AvgIpc) is 2.23. The monoisotopic (exact) mass is 294 g/mol. The molecule has 0 aromatic heterocycles. The van der Waals surface area contributed by atoms with Crippen LogP contribution in [0.25, 0.3) is 0 Å². The molecule has 2 fully saturated rings. The van der Waals surface area contributed by atoms with Crippen molar-refractivity contribution in [3.05, 3.63) is 0 Å². The third-order valence-corrected chi connectivity index (χ3v) is 4.43. The smallest absolute Gasteiger partial charge is 0.306 e. The van der Waals surface area contributed by atoms with Gasteiger partial charge in [-0.1, -0.05) is 36.4 Å². The summed E-state index contributed by atoms with van der Waals surface area (Å²) in [7, 11) is 0. The normalized spacial score (nSPS) is 50.1. The van der Waals surface area contributed by atoms with E-state index in [-0.39, 0.29) is 17.5 Å². The average molecular weight is 294 g/mol. The lowest BCUT2D eigenvalue weighted by Crippen LogP contribution is -2.41. The van der Waals surface area contributed by atoms with Crippen LogP contribution >= 0.6 is 22.6 Å². The molecule has 0 aromatic carbocycles. The second-order valence-electron chi connectivity index (χ2n) is 4.80. The second kappa shape index (κ2) is 3.11. The zero-order valence-electron chi connectivity index (χ0n) is 8.05. The van der Waals surface area contributed by atoms with Crippen molar-refractivity contribution in [1.82, 2.24) is 0 Å². The Hall–Kier alpha value is 0.200. The van der Waals surface area contributed by atoms with Crippen molar-refractivity contribution < 1.29 is 9.53 Å². The van der Waals surface area contributed by atoms with E-state index in [0.717, 1.165) is 12.3 Å². The molecule has 1 heterocycles. The molecular formula is C10H15IO2. The molecule has 1 aliphatic heterocycles. The summed E-state index contributed by atoms with van der Waals surface area (Å²) in [6.45, 7) is 4.47. The molecule has 0 spiro atoms. The molecule has 2 aliphatic rings. The third kappa shape index (κ3) is 1.60. The molecule has 13 heavy (non-hydrogen) atoms. The number of alkyl halides is 1. The van der Waals surface area contributed by atoms with Crippen LogP contribution in [-0.2, 0) is 9.53 Å². The van der Waals surface area contributed by atoms with Crippen molar-refractivity contribution in [2.75, 3.05) is 0 Å². The molecule has 0 N–H and O–H groups in total. The van der Waals surface area contributed by atoms with Crippen LogP contribution in [0.5, 0.6) is 0 Å². The Morgan fingerprint density at radius 3 is 3.00 bits per heavy atom. The lowest BCUT2D eigenvalue weighted by molar-refractivity contribution is -0.142. The molecule has 0 unspecified atom stereocenters. The molecule has 74 valence electrons. The first-order chi connectivity index (χ1) is 6.01. The molecule has 0 amide bonds. The largest absolute Gasteiger partial charge is 0.461 e. The van der Waals surface area contributed by atoms with Crippen molar-refractivity contribution in [2.45, 2.75) is 43.1 Å². The fraction of sp³-hybridized carbons (Fsp3) is 0.900. The van der Waals surface area contributed by atoms with Gasteiger partial charge in [-0.05, 0) is 18.8 Å². The van der Waals surface area contributed by atoms with Crippen molar-refractivity contribution in [2.24, 2.45) is 11.3 Å². The van der Waals surface area contributed by atoms with Crippen LogP contribution in [0.15, 0.2) is 0 Å². The van der Waals surface area contributed by atoms with E-state index in [9.17, 15) is 4.79 Å². The Morgan fingerprint density at radius 2 is 2.31 bits per heavy atom. The third-order valence-electron chi connectivity index (χ3n) is 3.26. The lowest BCUT2D eigenvalue weighted by Gasteiger charge is -2.39. The maximum Gasteiger partial charge on any atom is 0.306 e. The van der Waals surface area contributed by atoms with E-state index >= 15 is 0 Å². The highest BCUT2D eigenvalue weighted by Crippen LogP contribution is 2.49. The molecule has 2 rings (SSSR count). The number of carbonyl (C=O) groups is 1.